The Labute approximate surface area is 195 Å². The molecule has 1 saturated heterocycles. The smallest absolute Gasteiger partial charge is 0.410 e. The fourth-order valence-electron chi connectivity index (χ4n) is 3.93. The van der Waals surface area contributed by atoms with Crippen molar-refractivity contribution in [2.45, 2.75) is 46.1 Å². The van der Waals surface area contributed by atoms with Crippen molar-refractivity contribution in [1.82, 2.24) is 9.88 Å². The Kier molecular flexibility index (Phi) is 7.26. The summed E-state index contributed by atoms with van der Waals surface area (Å²) in [5.41, 5.74) is 10.5. The van der Waals surface area contributed by atoms with Gasteiger partial charge < -0.3 is 20.4 Å². The van der Waals surface area contributed by atoms with Gasteiger partial charge >= 0.3 is 6.09 Å². The Morgan fingerprint density at radius 2 is 1.91 bits per heavy atom. The summed E-state index contributed by atoms with van der Waals surface area (Å²) in [5.74, 6) is -0.475. The molecule has 174 valence electrons. The zero-order valence-corrected chi connectivity index (χ0v) is 19.9. The number of nitrogens with two attached hydrogens (primary N) is 1. The molecule has 0 aliphatic carbocycles. The first-order valence-electron chi connectivity index (χ1n) is 11.2. The molecule has 2 aromatic rings. The lowest BCUT2D eigenvalue weighted by molar-refractivity contribution is 0.0236. The van der Waals surface area contributed by atoms with E-state index in [-0.39, 0.29) is 6.09 Å². The van der Waals surface area contributed by atoms with E-state index in [0.717, 1.165) is 40.4 Å². The molecule has 33 heavy (non-hydrogen) atoms. The number of aromatic nitrogens is 1. The monoisotopic (exact) mass is 447 g/mol. The van der Waals surface area contributed by atoms with E-state index in [9.17, 15) is 9.59 Å². The molecule has 1 aliphatic heterocycles. The maximum atomic E-state index is 12.3. The van der Waals surface area contributed by atoms with Gasteiger partial charge in [-0.05, 0) is 69.4 Å². The van der Waals surface area contributed by atoms with E-state index < -0.39 is 11.5 Å². The predicted molar refractivity (Wildman–Crippen MR) is 135 cm³/mol. The maximum absolute atomic E-state index is 12.3. The van der Waals surface area contributed by atoms with Gasteiger partial charge in [0.2, 0.25) is 0 Å². The highest BCUT2D eigenvalue weighted by Gasteiger charge is 2.25. The molecule has 0 unspecified atom stereocenters. The van der Waals surface area contributed by atoms with Crippen LogP contribution < -0.4 is 5.73 Å². The molecule has 3 rings (SSSR count). The molecule has 1 aromatic heterocycles. The van der Waals surface area contributed by atoms with Gasteiger partial charge in [0.25, 0.3) is 5.91 Å². The van der Waals surface area contributed by atoms with Crippen LogP contribution >= 0.6 is 0 Å². The summed E-state index contributed by atoms with van der Waals surface area (Å²) in [6.45, 7) is 12.5. The topological polar surface area (TPSA) is 88.4 Å². The number of fused-ring (bicyclic) bond motifs is 1. The summed E-state index contributed by atoms with van der Waals surface area (Å²) in [7, 11) is 0. The second-order valence-corrected chi connectivity index (χ2v) is 9.16. The highest BCUT2D eigenvalue weighted by Crippen LogP contribution is 2.30. The highest BCUT2D eigenvalue weighted by atomic mass is 16.6. The van der Waals surface area contributed by atoms with Crippen LogP contribution in [0.3, 0.4) is 0 Å². The van der Waals surface area contributed by atoms with E-state index in [2.05, 4.69) is 23.7 Å². The second-order valence-electron chi connectivity index (χ2n) is 9.16. The Hall–Kier alpha value is -3.54. The summed E-state index contributed by atoms with van der Waals surface area (Å²) >= 11 is 0. The summed E-state index contributed by atoms with van der Waals surface area (Å²) < 4.78 is 5.49. The largest absolute Gasteiger partial charge is 0.444 e. The van der Waals surface area contributed by atoms with Crippen molar-refractivity contribution in [2.75, 3.05) is 13.1 Å². The number of carbonyl (C=O) groups excluding carboxylic acids is 2. The second kappa shape index (κ2) is 9.94. The number of aromatic amines is 1. The van der Waals surface area contributed by atoms with Crippen molar-refractivity contribution in [2.24, 2.45) is 5.73 Å². The number of rotatable bonds is 5. The maximum Gasteiger partial charge on any atom is 0.410 e. The average molecular weight is 448 g/mol. The Morgan fingerprint density at radius 3 is 2.48 bits per heavy atom. The first-order chi connectivity index (χ1) is 15.6. The number of piperidine rings is 1. The number of likely N-dealkylation sites (tertiary alicyclic amines) is 1. The minimum absolute atomic E-state index is 0.268. The van der Waals surface area contributed by atoms with E-state index in [0.29, 0.717) is 18.7 Å². The fourth-order valence-corrected chi connectivity index (χ4v) is 3.93. The van der Waals surface area contributed by atoms with Crippen molar-refractivity contribution in [3.05, 3.63) is 71.5 Å². The molecule has 0 radical (unpaired) electrons. The number of allylic oxidation sites excluding steroid dienone is 5. The van der Waals surface area contributed by atoms with Crippen LogP contribution in [0.2, 0.25) is 0 Å². The van der Waals surface area contributed by atoms with Crippen LogP contribution in [0.5, 0.6) is 0 Å². The molecule has 0 spiro atoms. The summed E-state index contributed by atoms with van der Waals surface area (Å²) in [6, 6.07) is 3.89. The van der Waals surface area contributed by atoms with E-state index in [1.165, 1.54) is 5.57 Å². The van der Waals surface area contributed by atoms with E-state index >= 15 is 0 Å². The first kappa shape index (κ1) is 24.1. The predicted octanol–water partition coefficient (Wildman–Crippen LogP) is 5.83. The molecule has 0 bridgehead atoms. The van der Waals surface area contributed by atoms with Crippen molar-refractivity contribution < 1.29 is 14.3 Å². The summed E-state index contributed by atoms with van der Waals surface area (Å²) in [6.07, 6.45) is 12.9. The molecule has 6 nitrogen and oxygen atoms in total. The Balaban J connectivity index is 1.91. The van der Waals surface area contributed by atoms with Gasteiger partial charge in [0.15, 0.2) is 0 Å². The van der Waals surface area contributed by atoms with Crippen LogP contribution in [0.4, 0.5) is 4.79 Å². The van der Waals surface area contributed by atoms with Gasteiger partial charge in [-0.15, -0.1) is 0 Å². The van der Waals surface area contributed by atoms with E-state index in [1.54, 1.807) is 11.0 Å². The number of benzene rings is 1. The lowest BCUT2D eigenvalue weighted by Crippen LogP contribution is -2.40. The standard InChI is InChI=1S/C27H33N3O3/c1-6-8-9-19(7-2)20-15-22-21(17-29-24(22)23(16-20)25(28)31)14-18-10-12-30(13-11-18)26(32)33-27(3,4)5/h6-9,14-17,29H,1,10-13H2,2-5H3,(H2,28,31)/b9-8-,19-7?. The number of amides is 2. The number of hydrogen-bond donors (Lipinski definition) is 2. The normalized spacial score (nSPS) is 15.2. The average Bonchev–Trinajstić information content (AvgIpc) is 3.15. The van der Waals surface area contributed by atoms with Crippen LogP contribution in [0.1, 0.15) is 62.0 Å². The van der Waals surface area contributed by atoms with Crippen molar-refractivity contribution in [1.29, 1.82) is 0 Å². The van der Waals surface area contributed by atoms with Gasteiger partial charge in [0, 0.05) is 24.7 Å². The Morgan fingerprint density at radius 1 is 1.21 bits per heavy atom. The first-order valence-corrected chi connectivity index (χ1v) is 11.2. The zero-order valence-electron chi connectivity index (χ0n) is 19.9. The molecule has 1 fully saturated rings. The van der Waals surface area contributed by atoms with Crippen molar-refractivity contribution in [3.63, 3.8) is 0 Å². The molecule has 2 amide bonds. The van der Waals surface area contributed by atoms with Crippen molar-refractivity contribution >= 4 is 34.6 Å². The number of nitrogens with one attached hydrogen (secondary N) is 1. The third kappa shape index (κ3) is 5.83. The molecule has 0 atom stereocenters. The van der Waals surface area contributed by atoms with Gasteiger partial charge in [-0.3, -0.25) is 4.79 Å². The number of carbonyl (C=O) groups is 2. The summed E-state index contributed by atoms with van der Waals surface area (Å²) in [4.78, 5) is 29.5. The molecule has 2 heterocycles. The number of H-pyrrole nitrogens is 1. The third-order valence-corrected chi connectivity index (χ3v) is 5.56. The van der Waals surface area contributed by atoms with Gasteiger partial charge in [-0.2, -0.15) is 0 Å². The molecule has 1 aliphatic rings. The number of primary amides is 1. The Bertz CT molecular complexity index is 1150. The molecule has 0 saturated carbocycles. The molecule has 6 heteroatoms. The number of hydrogen-bond acceptors (Lipinski definition) is 3. The van der Waals surface area contributed by atoms with Crippen LogP contribution in [0, 0.1) is 0 Å². The van der Waals surface area contributed by atoms with Gasteiger partial charge in [0.1, 0.15) is 5.60 Å². The van der Waals surface area contributed by atoms with Gasteiger partial charge in [0.05, 0.1) is 11.1 Å². The molecule has 3 N–H and O–H groups in total. The van der Waals surface area contributed by atoms with Gasteiger partial charge in [-0.1, -0.05) is 42.5 Å². The lowest BCUT2D eigenvalue weighted by Gasteiger charge is -2.31. The summed E-state index contributed by atoms with van der Waals surface area (Å²) in [5, 5.41) is 0.940. The van der Waals surface area contributed by atoms with Crippen LogP contribution in [0.25, 0.3) is 22.6 Å². The minimum atomic E-state index is -0.500. The molecular weight excluding hydrogens is 414 g/mol. The molecule has 1 aromatic carbocycles. The number of nitrogens with zero attached hydrogens (tertiary/aromatic N) is 1. The SMILES string of the molecule is C=C/C=C\C(=CC)c1cc(C(N)=O)c2[nH]cc(C=C3CCN(C(=O)OC(C)(C)C)CC3)c2c1. The quantitative estimate of drug-likeness (QED) is 0.566. The van der Waals surface area contributed by atoms with Gasteiger partial charge in [-0.25, -0.2) is 4.79 Å². The minimum Gasteiger partial charge on any atom is -0.444 e. The van der Waals surface area contributed by atoms with E-state index in [4.69, 9.17) is 10.5 Å². The number of ether oxygens (including phenoxy) is 1. The van der Waals surface area contributed by atoms with Crippen LogP contribution in [-0.2, 0) is 4.74 Å². The fraction of sp³-hybridized carbons (Fsp3) is 0.333. The lowest BCUT2D eigenvalue weighted by atomic mass is 9.96. The van der Waals surface area contributed by atoms with Crippen molar-refractivity contribution in [3.8, 4) is 0 Å². The van der Waals surface area contributed by atoms with Crippen LogP contribution in [-0.4, -0.2) is 40.6 Å². The third-order valence-electron chi connectivity index (χ3n) is 5.56. The highest BCUT2D eigenvalue weighted by molar-refractivity contribution is 6.08. The van der Waals surface area contributed by atoms with E-state index in [1.807, 2.05) is 58.2 Å². The zero-order chi connectivity index (χ0) is 24.2. The molecular formula is C27H33N3O3. The van der Waals surface area contributed by atoms with Crippen LogP contribution in [0.15, 0.2) is 54.8 Å².